The van der Waals surface area contributed by atoms with Crippen molar-refractivity contribution in [2.45, 2.75) is 32.5 Å². The molecular weight excluding hydrogens is 348 g/mol. The Balaban J connectivity index is 1.72. The standard InChI is InChI=1S/C20H22N2O3S/c1-14-8-9-15(2)16(10-14)11-21-18-12-26(24,25)13-19(18)22(20(21)23)17-6-4-3-5-7-17/h3-10,18-19H,11-13H2,1-2H3/t18-,19+/m0/s1. The molecule has 0 saturated carbocycles. The van der Waals surface area contributed by atoms with Gasteiger partial charge in [-0.05, 0) is 37.1 Å². The van der Waals surface area contributed by atoms with Gasteiger partial charge in [-0.25, -0.2) is 13.2 Å². The highest BCUT2D eigenvalue weighted by molar-refractivity contribution is 7.91. The molecule has 2 fully saturated rings. The van der Waals surface area contributed by atoms with Gasteiger partial charge in [0.2, 0.25) is 0 Å². The first-order valence-corrected chi connectivity index (χ1v) is 10.6. The first-order chi connectivity index (χ1) is 12.4. The number of sulfone groups is 1. The van der Waals surface area contributed by atoms with Gasteiger partial charge in [0.05, 0.1) is 23.6 Å². The number of benzene rings is 2. The molecule has 26 heavy (non-hydrogen) atoms. The lowest BCUT2D eigenvalue weighted by Gasteiger charge is -2.23. The minimum Gasteiger partial charge on any atom is -0.314 e. The Morgan fingerprint density at radius 2 is 1.69 bits per heavy atom. The van der Waals surface area contributed by atoms with Crippen LogP contribution < -0.4 is 4.90 Å². The number of anilines is 1. The molecule has 0 aromatic heterocycles. The Hall–Kier alpha value is -2.34. The Morgan fingerprint density at radius 3 is 2.42 bits per heavy atom. The average Bonchev–Trinajstić information content (AvgIpc) is 3.02. The third kappa shape index (κ3) is 2.88. The average molecular weight is 370 g/mol. The van der Waals surface area contributed by atoms with Crippen LogP contribution in [0, 0.1) is 13.8 Å². The summed E-state index contributed by atoms with van der Waals surface area (Å²) in [5.74, 6) is 0.0687. The molecule has 2 saturated heterocycles. The smallest absolute Gasteiger partial charge is 0.314 e. The third-order valence-electron chi connectivity index (χ3n) is 5.36. The third-order valence-corrected chi connectivity index (χ3v) is 7.06. The van der Waals surface area contributed by atoms with E-state index in [0.29, 0.717) is 6.54 Å². The Morgan fingerprint density at radius 1 is 1.00 bits per heavy atom. The summed E-state index contributed by atoms with van der Waals surface area (Å²) in [7, 11) is -3.15. The van der Waals surface area contributed by atoms with E-state index < -0.39 is 9.84 Å². The predicted octanol–water partition coefficient (Wildman–Crippen LogP) is 2.91. The summed E-state index contributed by atoms with van der Waals surface area (Å²) in [6.45, 7) is 4.48. The highest BCUT2D eigenvalue weighted by Crippen LogP contribution is 2.36. The Kier molecular flexibility index (Phi) is 4.03. The molecule has 0 bridgehead atoms. The van der Waals surface area contributed by atoms with Gasteiger partial charge in [0.1, 0.15) is 0 Å². The number of amides is 2. The van der Waals surface area contributed by atoms with Crippen molar-refractivity contribution >= 4 is 21.6 Å². The van der Waals surface area contributed by atoms with Crippen LogP contribution in [0.2, 0.25) is 0 Å². The number of aryl methyl sites for hydroxylation is 2. The molecule has 2 aliphatic rings. The zero-order chi connectivity index (χ0) is 18.5. The predicted molar refractivity (Wildman–Crippen MR) is 102 cm³/mol. The molecule has 0 radical (unpaired) electrons. The van der Waals surface area contributed by atoms with Gasteiger partial charge in [-0.1, -0.05) is 42.0 Å². The highest BCUT2D eigenvalue weighted by Gasteiger charge is 2.53. The molecule has 136 valence electrons. The van der Waals surface area contributed by atoms with Crippen molar-refractivity contribution in [2.75, 3.05) is 16.4 Å². The first-order valence-electron chi connectivity index (χ1n) is 8.77. The van der Waals surface area contributed by atoms with Crippen molar-refractivity contribution < 1.29 is 13.2 Å². The van der Waals surface area contributed by atoms with Gasteiger partial charge in [0.15, 0.2) is 9.84 Å². The molecule has 0 aliphatic carbocycles. The molecule has 2 atom stereocenters. The van der Waals surface area contributed by atoms with Crippen molar-refractivity contribution in [3.63, 3.8) is 0 Å². The fraction of sp³-hybridized carbons (Fsp3) is 0.350. The summed E-state index contributed by atoms with van der Waals surface area (Å²) in [6, 6.07) is 14.8. The minimum atomic E-state index is -3.15. The summed E-state index contributed by atoms with van der Waals surface area (Å²) in [6.07, 6.45) is 0. The van der Waals surface area contributed by atoms with Crippen molar-refractivity contribution in [2.24, 2.45) is 0 Å². The number of nitrogens with zero attached hydrogens (tertiary/aromatic N) is 2. The zero-order valence-electron chi connectivity index (χ0n) is 14.9. The van der Waals surface area contributed by atoms with E-state index in [9.17, 15) is 13.2 Å². The fourth-order valence-corrected chi connectivity index (χ4v) is 5.96. The molecule has 2 aromatic carbocycles. The number of fused-ring (bicyclic) bond motifs is 1. The lowest BCUT2D eigenvalue weighted by molar-refractivity contribution is 0.205. The Bertz CT molecular complexity index is 956. The summed E-state index contributed by atoms with van der Waals surface area (Å²) in [4.78, 5) is 16.6. The summed E-state index contributed by atoms with van der Waals surface area (Å²) in [5.41, 5.74) is 4.07. The van der Waals surface area contributed by atoms with E-state index >= 15 is 0 Å². The van der Waals surface area contributed by atoms with Crippen molar-refractivity contribution in [3.05, 3.63) is 65.2 Å². The summed E-state index contributed by atoms with van der Waals surface area (Å²) >= 11 is 0. The zero-order valence-corrected chi connectivity index (χ0v) is 15.7. The Labute approximate surface area is 154 Å². The number of para-hydroxylation sites is 1. The second-order valence-electron chi connectivity index (χ2n) is 7.26. The van der Waals surface area contributed by atoms with Gasteiger partial charge in [-0.3, -0.25) is 4.90 Å². The van der Waals surface area contributed by atoms with Crippen molar-refractivity contribution in [1.82, 2.24) is 4.90 Å². The van der Waals surface area contributed by atoms with Gasteiger partial charge in [-0.15, -0.1) is 0 Å². The minimum absolute atomic E-state index is 0.0294. The monoisotopic (exact) mass is 370 g/mol. The normalized spacial score (nSPS) is 24.2. The van der Waals surface area contributed by atoms with E-state index in [1.165, 1.54) is 0 Å². The van der Waals surface area contributed by atoms with E-state index in [0.717, 1.165) is 22.4 Å². The van der Waals surface area contributed by atoms with Crippen LogP contribution in [0.4, 0.5) is 10.5 Å². The van der Waals surface area contributed by atoms with Crippen LogP contribution in [0.1, 0.15) is 16.7 Å². The SMILES string of the molecule is Cc1ccc(C)c(CN2C(=O)N(c3ccccc3)[C@@H]3CS(=O)(=O)C[C@@H]32)c1. The van der Waals surface area contributed by atoms with Gasteiger partial charge in [0, 0.05) is 12.2 Å². The van der Waals surface area contributed by atoms with E-state index in [4.69, 9.17) is 0 Å². The molecule has 6 heteroatoms. The lowest BCUT2D eigenvalue weighted by Crippen LogP contribution is -2.37. The highest BCUT2D eigenvalue weighted by atomic mass is 32.2. The summed E-state index contributed by atoms with van der Waals surface area (Å²) < 4.78 is 24.6. The van der Waals surface area contributed by atoms with Crippen LogP contribution in [0.5, 0.6) is 0 Å². The second-order valence-corrected chi connectivity index (χ2v) is 9.41. The fourth-order valence-electron chi connectivity index (χ4n) is 4.01. The van der Waals surface area contributed by atoms with Crippen LogP contribution in [-0.4, -0.2) is 42.9 Å². The molecule has 2 heterocycles. The van der Waals surface area contributed by atoms with E-state index in [2.05, 4.69) is 6.07 Å². The van der Waals surface area contributed by atoms with Crippen LogP contribution in [0.3, 0.4) is 0 Å². The van der Waals surface area contributed by atoms with Crippen LogP contribution in [-0.2, 0) is 16.4 Å². The molecular formula is C20H22N2O3S. The first kappa shape index (κ1) is 17.1. The lowest BCUT2D eigenvalue weighted by atomic mass is 10.0. The number of urea groups is 1. The molecule has 2 aromatic rings. The largest absolute Gasteiger partial charge is 0.325 e. The number of hydrogen-bond donors (Lipinski definition) is 0. The van der Waals surface area contributed by atoms with Crippen molar-refractivity contribution in [1.29, 1.82) is 0 Å². The molecule has 0 unspecified atom stereocenters. The van der Waals surface area contributed by atoms with E-state index in [1.807, 2.05) is 56.3 Å². The van der Waals surface area contributed by atoms with Crippen LogP contribution >= 0.6 is 0 Å². The van der Waals surface area contributed by atoms with Gasteiger partial charge < -0.3 is 4.90 Å². The number of carbonyl (C=O) groups is 1. The maximum absolute atomic E-state index is 13.2. The van der Waals surface area contributed by atoms with Gasteiger partial charge in [-0.2, -0.15) is 0 Å². The molecule has 5 nitrogen and oxygen atoms in total. The van der Waals surface area contributed by atoms with Crippen molar-refractivity contribution in [3.8, 4) is 0 Å². The second kappa shape index (κ2) is 6.13. The molecule has 0 spiro atoms. The maximum Gasteiger partial charge on any atom is 0.325 e. The molecule has 2 amide bonds. The topological polar surface area (TPSA) is 57.7 Å². The molecule has 0 N–H and O–H groups in total. The van der Waals surface area contributed by atoms with E-state index in [1.54, 1.807) is 9.80 Å². The van der Waals surface area contributed by atoms with E-state index in [-0.39, 0.29) is 29.6 Å². The van der Waals surface area contributed by atoms with Crippen LogP contribution in [0.25, 0.3) is 0 Å². The molecule has 4 rings (SSSR count). The number of rotatable bonds is 3. The molecule has 2 aliphatic heterocycles. The van der Waals surface area contributed by atoms with Gasteiger partial charge >= 0.3 is 6.03 Å². The van der Waals surface area contributed by atoms with Gasteiger partial charge in [0.25, 0.3) is 0 Å². The maximum atomic E-state index is 13.2. The van der Waals surface area contributed by atoms with Crippen LogP contribution in [0.15, 0.2) is 48.5 Å². The number of hydrogen-bond acceptors (Lipinski definition) is 3. The quantitative estimate of drug-likeness (QED) is 0.781. The number of carbonyl (C=O) groups excluding carboxylic acids is 1. The summed E-state index contributed by atoms with van der Waals surface area (Å²) in [5, 5.41) is 0.